The molecule has 0 unspecified atom stereocenters. The van der Waals surface area contributed by atoms with Crippen molar-refractivity contribution in [2.75, 3.05) is 19.9 Å². The van der Waals surface area contributed by atoms with Crippen molar-refractivity contribution in [3.63, 3.8) is 0 Å². The fourth-order valence-corrected chi connectivity index (χ4v) is 1.84. The SMILES string of the molecule is CCCNC(=O)CCNCc1ccc2c(c1)OCO2. The Morgan fingerprint density at radius 2 is 2.11 bits per heavy atom. The van der Waals surface area contributed by atoms with Crippen molar-refractivity contribution < 1.29 is 14.3 Å². The molecule has 2 N–H and O–H groups in total. The Hall–Kier alpha value is -1.75. The van der Waals surface area contributed by atoms with Gasteiger partial charge in [0.2, 0.25) is 12.7 Å². The number of carbonyl (C=O) groups is 1. The van der Waals surface area contributed by atoms with Gasteiger partial charge < -0.3 is 20.1 Å². The zero-order valence-corrected chi connectivity index (χ0v) is 11.2. The minimum absolute atomic E-state index is 0.0973. The maximum Gasteiger partial charge on any atom is 0.231 e. The first-order valence-corrected chi connectivity index (χ1v) is 6.65. The number of fused-ring (bicyclic) bond motifs is 1. The van der Waals surface area contributed by atoms with Crippen molar-refractivity contribution in [3.8, 4) is 11.5 Å². The number of nitrogens with one attached hydrogen (secondary N) is 2. The summed E-state index contributed by atoms with van der Waals surface area (Å²) in [7, 11) is 0. The van der Waals surface area contributed by atoms with Gasteiger partial charge >= 0.3 is 0 Å². The van der Waals surface area contributed by atoms with Crippen molar-refractivity contribution in [2.24, 2.45) is 0 Å². The van der Waals surface area contributed by atoms with Crippen LogP contribution in [0.5, 0.6) is 11.5 Å². The lowest BCUT2D eigenvalue weighted by Crippen LogP contribution is -2.27. The maximum absolute atomic E-state index is 11.4. The highest BCUT2D eigenvalue weighted by Crippen LogP contribution is 2.32. The average molecular weight is 264 g/mol. The first-order chi connectivity index (χ1) is 9.29. The molecule has 5 heteroatoms. The van der Waals surface area contributed by atoms with Crippen LogP contribution in [0, 0.1) is 0 Å². The molecule has 104 valence electrons. The second kappa shape index (κ2) is 6.99. The number of carbonyl (C=O) groups excluding carboxylic acids is 1. The highest BCUT2D eigenvalue weighted by atomic mass is 16.7. The number of rotatable bonds is 7. The van der Waals surface area contributed by atoms with Gasteiger partial charge in [-0.2, -0.15) is 0 Å². The monoisotopic (exact) mass is 264 g/mol. The minimum atomic E-state index is 0.0973. The van der Waals surface area contributed by atoms with E-state index < -0.39 is 0 Å². The molecule has 1 aliphatic rings. The van der Waals surface area contributed by atoms with Crippen molar-refractivity contribution in [1.29, 1.82) is 0 Å². The van der Waals surface area contributed by atoms with Gasteiger partial charge in [0.15, 0.2) is 11.5 Å². The zero-order chi connectivity index (χ0) is 13.5. The molecule has 1 aromatic carbocycles. The summed E-state index contributed by atoms with van der Waals surface area (Å²) < 4.78 is 10.6. The van der Waals surface area contributed by atoms with Gasteiger partial charge in [-0.25, -0.2) is 0 Å². The topological polar surface area (TPSA) is 59.6 Å². The van der Waals surface area contributed by atoms with E-state index in [1.54, 1.807) is 0 Å². The van der Waals surface area contributed by atoms with E-state index >= 15 is 0 Å². The zero-order valence-electron chi connectivity index (χ0n) is 11.2. The van der Waals surface area contributed by atoms with Gasteiger partial charge in [-0.3, -0.25) is 4.79 Å². The Balaban J connectivity index is 1.67. The van der Waals surface area contributed by atoms with Gasteiger partial charge in [-0.15, -0.1) is 0 Å². The fraction of sp³-hybridized carbons (Fsp3) is 0.500. The first-order valence-electron chi connectivity index (χ1n) is 6.65. The molecule has 0 aliphatic carbocycles. The summed E-state index contributed by atoms with van der Waals surface area (Å²) in [5, 5.41) is 6.09. The Morgan fingerprint density at radius 1 is 1.26 bits per heavy atom. The van der Waals surface area contributed by atoms with Gasteiger partial charge in [-0.05, 0) is 24.1 Å². The lowest BCUT2D eigenvalue weighted by atomic mass is 10.2. The average Bonchev–Trinajstić information content (AvgIpc) is 2.88. The lowest BCUT2D eigenvalue weighted by molar-refractivity contribution is -0.120. The third-order valence-corrected chi connectivity index (χ3v) is 2.87. The second-order valence-corrected chi connectivity index (χ2v) is 4.46. The summed E-state index contributed by atoms with van der Waals surface area (Å²) >= 11 is 0. The molecule has 0 bridgehead atoms. The number of amides is 1. The Labute approximate surface area is 113 Å². The highest BCUT2D eigenvalue weighted by Gasteiger charge is 2.12. The number of hydrogen-bond acceptors (Lipinski definition) is 4. The summed E-state index contributed by atoms with van der Waals surface area (Å²) in [6, 6.07) is 5.87. The molecule has 1 amide bonds. The number of benzene rings is 1. The van der Waals surface area contributed by atoms with Crippen LogP contribution in [0.2, 0.25) is 0 Å². The molecule has 2 rings (SSSR count). The third kappa shape index (κ3) is 4.13. The van der Waals surface area contributed by atoms with Gasteiger partial charge in [0.05, 0.1) is 0 Å². The van der Waals surface area contributed by atoms with Crippen LogP contribution in [-0.2, 0) is 11.3 Å². The van der Waals surface area contributed by atoms with E-state index in [1.807, 2.05) is 25.1 Å². The molecule has 0 aromatic heterocycles. The Kier molecular flexibility index (Phi) is 5.03. The van der Waals surface area contributed by atoms with Crippen LogP contribution >= 0.6 is 0 Å². The van der Waals surface area contributed by atoms with Crippen LogP contribution in [0.1, 0.15) is 25.3 Å². The molecule has 0 saturated carbocycles. The molecule has 0 fully saturated rings. The van der Waals surface area contributed by atoms with E-state index in [2.05, 4.69) is 10.6 Å². The van der Waals surface area contributed by atoms with Crippen LogP contribution < -0.4 is 20.1 Å². The van der Waals surface area contributed by atoms with Crippen LogP contribution in [0.3, 0.4) is 0 Å². The van der Waals surface area contributed by atoms with Crippen molar-refractivity contribution >= 4 is 5.91 Å². The number of hydrogen-bond donors (Lipinski definition) is 2. The molecule has 19 heavy (non-hydrogen) atoms. The highest BCUT2D eigenvalue weighted by molar-refractivity contribution is 5.75. The standard InChI is InChI=1S/C14H20N2O3/c1-2-6-16-14(17)5-7-15-9-11-3-4-12-13(8-11)19-10-18-12/h3-4,8,15H,2,5-7,9-10H2,1H3,(H,16,17). The molecule has 1 aromatic rings. The van der Waals surface area contributed by atoms with Gasteiger partial charge in [0, 0.05) is 26.1 Å². The fourth-order valence-electron chi connectivity index (χ4n) is 1.84. The normalized spacial score (nSPS) is 12.5. The number of ether oxygens (including phenoxy) is 2. The van der Waals surface area contributed by atoms with Gasteiger partial charge in [0.25, 0.3) is 0 Å². The molecule has 1 heterocycles. The lowest BCUT2D eigenvalue weighted by Gasteiger charge is -2.06. The van der Waals surface area contributed by atoms with Crippen LogP contribution in [0.4, 0.5) is 0 Å². The second-order valence-electron chi connectivity index (χ2n) is 4.46. The quantitative estimate of drug-likeness (QED) is 0.731. The predicted molar refractivity (Wildman–Crippen MR) is 72.2 cm³/mol. The molecular weight excluding hydrogens is 244 g/mol. The molecule has 0 spiro atoms. The van der Waals surface area contributed by atoms with Crippen LogP contribution in [0.25, 0.3) is 0 Å². The first kappa shape index (κ1) is 13.7. The summed E-state index contributed by atoms with van der Waals surface area (Å²) in [6.45, 7) is 4.48. The van der Waals surface area contributed by atoms with E-state index in [-0.39, 0.29) is 5.91 Å². The van der Waals surface area contributed by atoms with Crippen molar-refractivity contribution in [3.05, 3.63) is 23.8 Å². The molecule has 0 saturated heterocycles. The third-order valence-electron chi connectivity index (χ3n) is 2.87. The molecular formula is C14H20N2O3. The van der Waals surface area contributed by atoms with Crippen LogP contribution in [-0.4, -0.2) is 25.8 Å². The van der Waals surface area contributed by atoms with E-state index in [1.165, 1.54) is 0 Å². The van der Waals surface area contributed by atoms with Gasteiger partial charge in [-0.1, -0.05) is 13.0 Å². The van der Waals surface area contributed by atoms with Gasteiger partial charge in [0.1, 0.15) is 0 Å². The summed E-state index contributed by atoms with van der Waals surface area (Å²) in [5.41, 5.74) is 1.12. The van der Waals surface area contributed by atoms with E-state index in [0.29, 0.717) is 19.8 Å². The molecule has 1 aliphatic heterocycles. The largest absolute Gasteiger partial charge is 0.454 e. The Bertz CT molecular complexity index is 435. The van der Waals surface area contributed by atoms with E-state index in [0.717, 1.165) is 36.6 Å². The van der Waals surface area contributed by atoms with Crippen molar-refractivity contribution in [1.82, 2.24) is 10.6 Å². The molecule has 5 nitrogen and oxygen atoms in total. The Morgan fingerprint density at radius 3 is 2.95 bits per heavy atom. The summed E-state index contributed by atoms with van der Waals surface area (Å²) in [5.74, 6) is 1.68. The molecule has 0 atom stereocenters. The molecule has 0 radical (unpaired) electrons. The predicted octanol–water partition coefficient (Wildman–Crippen LogP) is 1.42. The van der Waals surface area contributed by atoms with E-state index in [9.17, 15) is 4.79 Å². The van der Waals surface area contributed by atoms with Crippen LogP contribution in [0.15, 0.2) is 18.2 Å². The van der Waals surface area contributed by atoms with Crippen molar-refractivity contribution in [2.45, 2.75) is 26.3 Å². The summed E-state index contributed by atoms with van der Waals surface area (Å²) in [4.78, 5) is 11.4. The minimum Gasteiger partial charge on any atom is -0.454 e. The summed E-state index contributed by atoms with van der Waals surface area (Å²) in [6.07, 6.45) is 1.47. The maximum atomic E-state index is 11.4. The smallest absolute Gasteiger partial charge is 0.231 e. The van der Waals surface area contributed by atoms with E-state index in [4.69, 9.17) is 9.47 Å².